The fraction of sp³-hybridized carbons (Fsp3) is 0. The summed E-state index contributed by atoms with van der Waals surface area (Å²) in [6, 6.07) is 17.7. The summed E-state index contributed by atoms with van der Waals surface area (Å²) in [5, 5.41) is 22.5. The highest BCUT2D eigenvalue weighted by molar-refractivity contribution is 6.32. The van der Waals surface area contributed by atoms with Crippen LogP contribution in [0, 0.1) is 20.2 Å². The third-order valence-corrected chi connectivity index (χ3v) is 4.25. The summed E-state index contributed by atoms with van der Waals surface area (Å²) in [6.45, 7) is 0. The van der Waals surface area contributed by atoms with Crippen LogP contribution in [0.2, 0.25) is 5.02 Å². The van der Waals surface area contributed by atoms with E-state index in [2.05, 4.69) is 0 Å². The third-order valence-electron chi connectivity index (χ3n) is 3.93. The van der Waals surface area contributed by atoms with E-state index in [4.69, 9.17) is 11.6 Å². The van der Waals surface area contributed by atoms with Crippen molar-refractivity contribution in [2.24, 2.45) is 0 Å². The van der Waals surface area contributed by atoms with Gasteiger partial charge in [0.25, 0.3) is 17.3 Å². The van der Waals surface area contributed by atoms with Crippen LogP contribution in [0.15, 0.2) is 72.8 Å². The molecule has 0 aliphatic rings. The predicted molar refractivity (Wildman–Crippen MR) is 104 cm³/mol. The molecule has 0 saturated carbocycles. The summed E-state index contributed by atoms with van der Waals surface area (Å²) in [6.07, 6.45) is 0. The Balaban J connectivity index is 2.19. The van der Waals surface area contributed by atoms with Crippen molar-refractivity contribution >= 4 is 40.3 Å². The monoisotopic (exact) mass is 397 g/mol. The third kappa shape index (κ3) is 3.67. The topological polar surface area (TPSA) is 107 Å². The highest BCUT2D eigenvalue weighted by Crippen LogP contribution is 2.35. The molecular formula is C19H12ClN3O5. The standard InChI is InChI=1S/C19H12ClN3O5/c20-15-11-10-13(12-18(15)23(27)28)19(24)21(14-6-2-1-3-7-14)16-8-4-5-9-17(16)22(25)26/h1-12H. The van der Waals surface area contributed by atoms with Gasteiger partial charge in [-0.1, -0.05) is 41.9 Å². The van der Waals surface area contributed by atoms with Gasteiger partial charge in [0.05, 0.1) is 9.85 Å². The lowest BCUT2D eigenvalue weighted by Crippen LogP contribution is -2.26. The molecule has 3 aromatic carbocycles. The highest BCUT2D eigenvalue weighted by atomic mass is 35.5. The average Bonchev–Trinajstić information content (AvgIpc) is 2.69. The predicted octanol–water partition coefficient (Wildman–Crippen LogP) is 5.13. The second-order valence-electron chi connectivity index (χ2n) is 5.65. The van der Waals surface area contributed by atoms with E-state index >= 15 is 0 Å². The molecule has 0 atom stereocenters. The number of anilines is 2. The first kappa shape index (κ1) is 19.0. The van der Waals surface area contributed by atoms with Gasteiger partial charge in [-0.2, -0.15) is 0 Å². The molecule has 1 amide bonds. The van der Waals surface area contributed by atoms with E-state index in [-0.39, 0.29) is 22.0 Å². The van der Waals surface area contributed by atoms with Crippen LogP contribution in [0.1, 0.15) is 10.4 Å². The number of para-hydroxylation sites is 3. The quantitative estimate of drug-likeness (QED) is 0.438. The molecule has 0 fully saturated rings. The molecule has 3 rings (SSSR count). The Labute approximate surface area is 163 Å². The van der Waals surface area contributed by atoms with Gasteiger partial charge in [0.1, 0.15) is 10.7 Å². The maximum absolute atomic E-state index is 13.2. The molecule has 0 saturated heterocycles. The number of hydrogen-bond acceptors (Lipinski definition) is 5. The summed E-state index contributed by atoms with van der Waals surface area (Å²) >= 11 is 5.82. The fourth-order valence-corrected chi connectivity index (χ4v) is 2.85. The van der Waals surface area contributed by atoms with Crippen molar-refractivity contribution in [1.29, 1.82) is 0 Å². The molecule has 0 aliphatic heterocycles. The van der Waals surface area contributed by atoms with Crippen molar-refractivity contribution < 1.29 is 14.6 Å². The number of halogens is 1. The molecule has 8 nitrogen and oxygen atoms in total. The number of benzene rings is 3. The van der Waals surface area contributed by atoms with Gasteiger partial charge in [-0.05, 0) is 30.3 Å². The summed E-state index contributed by atoms with van der Waals surface area (Å²) in [7, 11) is 0. The van der Waals surface area contributed by atoms with Gasteiger partial charge < -0.3 is 0 Å². The Hall–Kier alpha value is -3.78. The lowest BCUT2D eigenvalue weighted by molar-refractivity contribution is -0.384. The lowest BCUT2D eigenvalue weighted by Gasteiger charge is -2.23. The Morgan fingerprint density at radius 1 is 0.821 bits per heavy atom. The van der Waals surface area contributed by atoms with Gasteiger partial charge >= 0.3 is 0 Å². The van der Waals surface area contributed by atoms with Crippen LogP contribution in [-0.2, 0) is 0 Å². The minimum Gasteiger partial charge on any atom is -0.270 e. The molecule has 0 aliphatic carbocycles. The van der Waals surface area contributed by atoms with Crippen LogP contribution < -0.4 is 4.90 Å². The first-order valence-electron chi connectivity index (χ1n) is 7.97. The maximum Gasteiger partial charge on any atom is 0.293 e. The normalized spacial score (nSPS) is 10.3. The van der Waals surface area contributed by atoms with E-state index in [1.165, 1.54) is 30.3 Å². The largest absolute Gasteiger partial charge is 0.293 e. The molecule has 0 spiro atoms. The van der Waals surface area contributed by atoms with E-state index < -0.39 is 21.4 Å². The number of amides is 1. The van der Waals surface area contributed by atoms with Gasteiger partial charge in [-0.3, -0.25) is 29.9 Å². The summed E-state index contributed by atoms with van der Waals surface area (Å²) < 4.78 is 0. The van der Waals surface area contributed by atoms with Gasteiger partial charge in [0, 0.05) is 23.4 Å². The summed E-state index contributed by atoms with van der Waals surface area (Å²) in [4.78, 5) is 35.7. The zero-order valence-corrected chi connectivity index (χ0v) is 14.9. The van der Waals surface area contributed by atoms with Crippen molar-refractivity contribution in [2.75, 3.05) is 4.90 Å². The molecule has 0 unspecified atom stereocenters. The molecule has 0 heterocycles. The second-order valence-corrected chi connectivity index (χ2v) is 6.05. The van der Waals surface area contributed by atoms with Crippen LogP contribution >= 0.6 is 11.6 Å². The molecule has 0 radical (unpaired) electrons. The van der Waals surface area contributed by atoms with Crippen molar-refractivity contribution in [2.45, 2.75) is 0 Å². The molecule has 0 bridgehead atoms. The van der Waals surface area contributed by atoms with E-state index in [9.17, 15) is 25.0 Å². The Kier molecular flexibility index (Phi) is 5.32. The smallest absolute Gasteiger partial charge is 0.270 e. The Morgan fingerprint density at radius 3 is 2.07 bits per heavy atom. The number of nitro groups is 2. The Morgan fingerprint density at radius 2 is 1.43 bits per heavy atom. The first-order chi connectivity index (χ1) is 13.4. The zero-order chi connectivity index (χ0) is 20.3. The molecular weight excluding hydrogens is 386 g/mol. The Bertz CT molecular complexity index is 1070. The van der Waals surface area contributed by atoms with Crippen molar-refractivity contribution in [3.8, 4) is 0 Å². The van der Waals surface area contributed by atoms with Gasteiger partial charge in [0.15, 0.2) is 0 Å². The van der Waals surface area contributed by atoms with Crippen LogP contribution in [0.5, 0.6) is 0 Å². The second kappa shape index (κ2) is 7.85. The zero-order valence-electron chi connectivity index (χ0n) is 14.2. The molecule has 28 heavy (non-hydrogen) atoms. The fourth-order valence-electron chi connectivity index (χ4n) is 2.67. The minimum atomic E-state index is -0.697. The van der Waals surface area contributed by atoms with E-state index in [1.807, 2.05) is 0 Å². The SMILES string of the molecule is O=C(c1ccc(Cl)c([N+](=O)[O-])c1)N(c1ccccc1)c1ccccc1[N+](=O)[O-]. The van der Waals surface area contributed by atoms with E-state index in [0.29, 0.717) is 5.69 Å². The average molecular weight is 398 g/mol. The van der Waals surface area contributed by atoms with E-state index in [0.717, 1.165) is 11.0 Å². The number of nitro benzene ring substituents is 2. The van der Waals surface area contributed by atoms with Crippen LogP contribution in [-0.4, -0.2) is 15.8 Å². The molecule has 0 aromatic heterocycles. The van der Waals surface area contributed by atoms with Crippen LogP contribution in [0.4, 0.5) is 22.7 Å². The number of rotatable bonds is 5. The van der Waals surface area contributed by atoms with Gasteiger partial charge in [-0.15, -0.1) is 0 Å². The van der Waals surface area contributed by atoms with Crippen molar-refractivity contribution in [1.82, 2.24) is 0 Å². The van der Waals surface area contributed by atoms with Crippen molar-refractivity contribution in [3.63, 3.8) is 0 Å². The lowest BCUT2D eigenvalue weighted by atomic mass is 10.1. The first-order valence-corrected chi connectivity index (χ1v) is 8.35. The van der Waals surface area contributed by atoms with Crippen LogP contribution in [0.25, 0.3) is 0 Å². The number of carbonyl (C=O) groups excluding carboxylic acids is 1. The molecule has 140 valence electrons. The minimum absolute atomic E-state index is 0.0295. The summed E-state index contributed by atoms with van der Waals surface area (Å²) in [5.41, 5.74) is -0.315. The number of carbonyl (C=O) groups is 1. The number of nitrogens with zero attached hydrogens (tertiary/aromatic N) is 3. The summed E-state index contributed by atoms with van der Waals surface area (Å²) in [5.74, 6) is -0.666. The van der Waals surface area contributed by atoms with Crippen LogP contribution in [0.3, 0.4) is 0 Å². The van der Waals surface area contributed by atoms with Gasteiger partial charge in [-0.25, -0.2) is 0 Å². The molecule has 3 aromatic rings. The maximum atomic E-state index is 13.2. The van der Waals surface area contributed by atoms with Gasteiger partial charge in [0.2, 0.25) is 0 Å². The highest BCUT2D eigenvalue weighted by Gasteiger charge is 2.28. The number of hydrogen-bond donors (Lipinski definition) is 0. The van der Waals surface area contributed by atoms with E-state index in [1.54, 1.807) is 36.4 Å². The molecule has 9 heteroatoms. The van der Waals surface area contributed by atoms with Crippen molar-refractivity contribution in [3.05, 3.63) is 104 Å². The molecule has 0 N–H and O–H groups in total.